The zero-order chi connectivity index (χ0) is 13.1. The first-order valence-corrected chi connectivity index (χ1v) is 6.82. The van der Waals surface area contributed by atoms with Gasteiger partial charge in [-0.15, -0.1) is 0 Å². The molecule has 0 radical (unpaired) electrons. The fraction of sp³-hybridized carbons (Fsp3) is 0.200. The van der Waals surface area contributed by atoms with Crippen molar-refractivity contribution in [1.82, 2.24) is 0 Å². The third-order valence-electron chi connectivity index (χ3n) is 2.76. The normalized spacial score (nSPS) is 10.4. The summed E-state index contributed by atoms with van der Waals surface area (Å²) in [7, 11) is 0. The Hall–Kier alpha value is -1.35. The zero-order valence-corrected chi connectivity index (χ0v) is 11.9. The molecular weight excluding hydrogens is 295 g/mol. The molecule has 0 atom stereocenters. The van der Waals surface area contributed by atoms with Gasteiger partial charge in [0.1, 0.15) is 17.3 Å². The molecule has 18 heavy (non-hydrogen) atoms. The Balaban J connectivity index is 2.31. The van der Waals surface area contributed by atoms with Crippen LogP contribution in [0.3, 0.4) is 0 Å². The number of benzene rings is 2. The maximum Gasteiger partial charge on any atom is 0.133 e. The largest absolute Gasteiger partial charge is 0.457 e. The summed E-state index contributed by atoms with van der Waals surface area (Å²) in [4.78, 5) is 0. The Kier molecular flexibility index (Phi) is 4.02. The fourth-order valence-corrected chi connectivity index (χ4v) is 2.06. The van der Waals surface area contributed by atoms with E-state index in [0.717, 1.165) is 22.2 Å². The van der Waals surface area contributed by atoms with Crippen LogP contribution in [-0.4, -0.2) is 0 Å². The molecule has 0 aromatic heterocycles. The Bertz CT molecular complexity index is 566. The number of alkyl halides is 1. The lowest BCUT2D eigenvalue weighted by Crippen LogP contribution is -1.92. The van der Waals surface area contributed by atoms with Crippen LogP contribution in [0.15, 0.2) is 36.4 Å². The van der Waals surface area contributed by atoms with Crippen molar-refractivity contribution < 1.29 is 9.13 Å². The molecule has 0 saturated carbocycles. The molecule has 0 aliphatic rings. The summed E-state index contributed by atoms with van der Waals surface area (Å²) < 4.78 is 18.9. The van der Waals surface area contributed by atoms with Crippen molar-refractivity contribution in [1.29, 1.82) is 0 Å². The predicted octanol–water partition coefficient (Wildman–Crippen LogP) is 5.13. The van der Waals surface area contributed by atoms with E-state index in [9.17, 15) is 4.39 Å². The Labute approximate surface area is 115 Å². The van der Waals surface area contributed by atoms with E-state index in [1.165, 1.54) is 17.7 Å². The van der Waals surface area contributed by atoms with E-state index in [4.69, 9.17) is 4.74 Å². The molecule has 94 valence electrons. The molecule has 0 bridgehead atoms. The number of hydrogen-bond donors (Lipinski definition) is 0. The lowest BCUT2D eigenvalue weighted by molar-refractivity contribution is 0.469. The van der Waals surface area contributed by atoms with Crippen LogP contribution in [0.1, 0.15) is 16.7 Å². The predicted molar refractivity (Wildman–Crippen MR) is 75.0 cm³/mol. The minimum Gasteiger partial charge on any atom is -0.457 e. The fourth-order valence-electron chi connectivity index (χ4n) is 1.71. The highest BCUT2D eigenvalue weighted by molar-refractivity contribution is 9.08. The first-order valence-electron chi connectivity index (χ1n) is 5.69. The van der Waals surface area contributed by atoms with Crippen LogP contribution in [0.25, 0.3) is 0 Å². The van der Waals surface area contributed by atoms with Crippen LogP contribution >= 0.6 is 15.9 Å². The molecule has 0 aliphatic heterocycles. The minimum absolute atomic E-state index is 0.287. The van der Waals surface area contributed by atoms with Crippen molar-refractivity contribution in [3.63, 3.8) is 0 Å². The topological polar surface area (TPSA) is 9.23 Å². The van der Waals surface area contributed by atoms with E-state index in [0.29, 0.717) is 5.75 Å². The van der Waals surface area contributed by atoms with E-state index in [-0.39, 0.29) is 5.82 Å². The molecule has 0 unspecified atom stereocenters. The van der Waals surface area contributed by atoms with Crippen molar-refractivity contribution in [2.45, 2.75) is 19.2 Å². The van der Waals surface area contributed by atoms with Crippen molar-refractivity contribution in [3.8, 4) is 11.5 Å². The molecule has 1 nitrogen and oxygen atoms in total. The van der Waals surface area contributed by atoms with Crippen molar-refractivity contribution in [2.75, 3.05) is 0 Å². The summed E-state index contributed by atoms with van der Waals surface area (Å²) >= 11 is 3.41. The van der Waals surface area contributed by atoms with Gasteiger partial charge in [0.25, 0.3) is 0 Å². The highest BCUT2D eigenvalue weighted by atomic mass is 79.9. The molecule has 0 amide bonds. The van der Waals surface area contributed by atoms with Gasteiger partial charge in [0.15, 0.2) is 0 Å². The van der Waals surface area contributed by atoms with E-state index in [2.05, 4.69) is 22.0 Å². The Morgan fingerprint density at radius 3 is 2.44 bits per heavy atom. The second kappa shape index (κ2) is 5.53. The number of rotatable bonds is 3. The average Bonchev–Trinajstić information content (AvgIpc) is 2.36. The van der Waals surface area contributed by atoms with E-state index in [1.807, 2.05) is 26.0 Å². The summed E-state index contributed by atoms with van der Waals surface area (Å²) in [6.07, 6.45) is 0. The summed E-state index contributed by atoms with van der Waals surface area (Å²) in [5.41, 5.74) is 3.15. The SMILES string of the molecule is Cc1cc(CBr)ccc1Oc1cc(F)ccc1C. The number of aryl methyl sites for hydroxylation is 2. The van der Waals surface area contributed by atoms with Crippen LogP contribution in [0.2, 0.25) is 0 Å². The van der Waals surface area contributed by atoms with Gasteiger partial charge in [-0.25, -0.2) is 4.39 Å². The third-order valence-corrected chi connectivity index (χ3v) is 3.41. The standard InChI is InChI=1S/C15H14BrFO/c1-10-3-5-13(17)8-15(10)18-14-6-4-12(9-16)7-11(14)2/h3-8H,9H2,1-2H3. The van der Waals surface area contributed by atoms with Gasteiger partial charge in [0.05, 0.1) is 0 Å². The highest BCUT2D eigenvalue weighted by Gasteiger charge is 2.06. The minimum atomic E-state index is -0.287. The van der Waals surface area contributed by atoms with Crippen LogP contribution in [0, 0.1) is 19.7 Å². The second-order valence-corrected chi connectivity index (χ2v) is 4.81. The second-order valence-electron chi connectivity index (χ2n) is 4.25. The lowest BCUT2D eigenvalue weighted by atomic mass is 10.1. The van der Waals surface area contributed by atoms with Crippen molar-refractivity contribution in [3.05, 3.63) is 58.9 Å². The molecule has 0 heterocycles. The van der Waals surface area contributed by atoms with Crippen LogP contribution < -0.4 is 4.74 Å². The summed E-state index contributed by atoms with van der Waals surface area (Å²) in [6.45, 7) is 3.88. The summed E-state index contributed by atoms with van der Waals surface area (Å²) in [6, 6.07) is 10.5. The van der Waals surface area contributed by atoms with Gasteiger partial charge in [-0.05, 0) is 42.7 Å². The van der Waals surface area contributed by atoms with Gasteiger partial charge in [0.2, 0.25) is 0 Å². The Morgan fingerprint density at radius 2 is 1.78 bits per heavy atom. The average molecular weight is 309 g/mol. The summed E-state index contributed by atoms with van der Waals surface area (Å²) in [5.74, 6) is 1.03. The van der Waals surface area contributed by atoms with Gasteiger partial charge in [0, 0.05) is 11.4 Å². The van der Waals surface area contributed by atoms with Gasteiger partial charge >= 0.3 is 0 Å². The molecule has 2 aromatic rings. The van der Waals surface area contributed by atoms with Crippen LogP contribution in [-0.2, 0) is 5.33 Å². The zero-order valence-electron chi connectivity index (χ0n) is 10.3. The molecule has 0 fully saturated rings. The lowest BCUT2D eigenvalue weighted by Gasteiger charge is -2.11. The molecule has 3 heteroatoms. The molecular formula is C15H14BrFO. The van der Waals surface area contributed by atoms with E-state index < -0.39 is 0 Å². The number of hydrogen-bond acceptors (Lipinski definition) is 1. The first-order chi connectivity index (χ1) is 8.60. The third kappa shape index (κ3) is 2.91. The Morgan fingerprint density at radius 1 is 1.00 bits per heavy atom. The maximum atomic E-state index is 13.2. The van der Waals surface area contributed by atoms with Crippen LogP contribution in [0.5, 0.6) is 11.5 Å². The number of ether oxygens (including phenoxy) is 1. The van der Waals surface area contributed by atoms with Gasteiger partial charge in [-0.3, -0.25) is 0 Å². The van der Waals surface area contributed by atoms with Gasteiger partial charge in [-0.1, -0.05) is 34.1 Å². The highest BCUT2D eigenvalue weighted by Crippen LogP contribution is 2.29. The monoisotopic (exact) mass is 308 g/mol. The van der Waals surface area contributed by atoms with E-state index in [1.54, 1.807) is 6.07 Å². The smallest absolute Gasteiger partial charge is 0.133 e. The quantitative estimate of drug-likeness (QED) is 0.714. The summed E-state index contributed by atoms with van der Waals surface area (Å²) in [5, 5.41) is 0.813. The molecule has 2 aromatic carbocycles. The van der Waals surface area contributed by atoms with Gasteiger partial charge < -0.3 is 4.74 Å². The van der Waals surface area contributed by atoms with Crippen LogP contribution in [0.4, 0.5) is 4.39 Å². The molecule has 0 N–H and O–H groups in total. The first kappa shape index (κ1) is 13.1. The van der Waals surface area contributed by atoms with Crippen molar-refractivity contribution >= 4 is 15.9 Å². The molecule has 0 aliphatic carbocycles. The van der Waals surface area contributed by atoms with E-state index >= 15 is 0 Å². The van der Waals surface area contributed by atoms with Crippen molar-refractivity contribution in [2.24, 2.45) is 0 Å². The molecule has 2 rings (SSSR count). The maximum absolute atomic E-state index is 13.2. The van der Waals surface area contributed by atoms with Gasteiger partial charge in [-0.2, -0.15) is 0 Å². The molecule has 0 saturated heterocycles. The number of halogens is 2. The molecule has 0 spiro atoms.